The third-order valence-electron chi connectivity index (χ3n) is 4.37. The molecule has 20 heavy (non-hydrogen) atoms. The third kappa shape index (κ3) is 2.87. The minimum atomic E-state index is -3.45. The largest absolute Gasteiger partial charge is 0.240 e. The Morgan fingerprint density at radius 1 is 1.05 bits per heavy atom. The first kappa shape index (κ1) is 14.4. The van der Waals surface area contributed by atoms with Gasteiger partial charge in [-0.15, -0.1) is 11.6 Å². The molecule has 3 rings (SSSR count). The molecule has 0 amide bonds. The van der Waals surface area contributed by atoms with Crippen LogP contribution in [0.1, 0.15) is 43.2 Å². The zero-order valence-corrected chi connectivity index (χ0v) is 13.0. The number of sulfonamides is 1. The zero-order valence-electron chi connectivity index (χ0n) is 11.4. The van der Waals surface area contributed by atoms with Crippen molar-refractivity contribution in [3.05, 3.63) is 29.3 Å². The van der Waals surface area contributed by atoms with Gasteiger partial charge in [-0.2, -0.15) is 0 Å². The Morgan fingerprint density at radius 3 is 2.60 bits per heavy atom. The molecule has 0 aliphatic heterocycles. The summed E-state index contributed by atoms with van der Waals surface area (Å²) in [6.07, 6.45) is 7.03. The third-order valence-corrected chi connectivity index (χ3v) is 6.38. The lowest BCUT2D eigenvalue weighted by atomic mass is 9.96. The van der Waals surface area contributed by atoms with Crippen LogP contribution in [0.15, 0.2) is 23.1 Å². The molecule has 2 atom stereocenters. The van der Waals surface area contributed by atoms with Crippen LogP contribution in [0.5, 0.6) is 0 Å². The molecule has 0 aromatic heterocycles. The standard InChI is InChI=1S/C15H20ClNO2S/c16-14-6-1-2-7-15(14)17-20(18,19)13-9-8-11-4-3-5-12(11)10-13/h8-10,14-15,17H,1-7H2. The molecule has 1 aromatic rings. The average molecular weight is 314 g/mol. The number of alkyl halides is 1. The van der Waals surface area contributed by atoms with Crippen molar-refractivity contribution in [1.82, 2.24) is 4.72 Å². The molecule has 1 aromatic carbocycles. The second-order valence-electron chi connectivity index (χ2n) is 5.81. The Hall–Kier alpha value is -0.580. The van der Waals surface area contributed by atoms with Gasteiger partial charge in [0.2, 0.25) is 10.0 Å². The lowest BCUT2D eigenvalue weighted by molar-refractivity contribution is 0.418. The van der Waals surface area contributed by atoms with E-state index in [4.69, 9.17) is 11.6 Å². The highest BCUT2D eigenvalue weighted by Crippen LogP contribution is 2.27. The number of aryl methyl sites for hydroxylation is 2. The predicted molar refractivity (Wildman–Crippen MR) is 80.7 cm³/mol. The number of halogens is 1. The summed E-state index contributed by atoms with van der Waals surface area (Å²) in [6.45, 7) is 0. The summed E-state index contributed by atoms with van der Waals surface area (Å²) in [4.78, 5) is 0.382. The summed E-state index contributed by atoms with van der Waals surface area (Å²) in [5, 5.41) is -0.0899. The van der Waals surface area contributed by atoms with Gasteiger partial charge >= 0.3 is 0 Å². The molecule has 0 bridgehead atoms. The van der Waals surface area contributed by atoms with Crippen molar-refractivity contribution in [2.45, 2.75) is 61.3 Å². The fraction of sp³-hybridized carbons (Fsp3) is 0.600. The van der Waals surface area contributed by atoms with Gasteiger partial charge in [0, 0.05) is 11.4 Å². The molecule has 0 radical (unpaired) electrons. The number of rotatable bonds is 3. The monoisotopic (exact) mass is 313 g/mol. The van der Waals surface area contributed by atoms with Crippen molar-refractivity contribution in [1.29, 1.82) is 0 Å². The van der Waals surface area contributed by atoms with Crippen LogP contribution in [0.3, 0.4) is 0 Å². The van der Waals surface area contributed by atoms with Crippen LogP contribution in [0.4, 0.5) is 0 Å². The fourth-order valence-corrected chi connectivity index (χ4v) is 4.98. The van der Waals surface area contributed by atoms with Gasteiger partial charge in [-0.25, -0.2) is 13.1 Å². The van der Waals surface area contributed by atoms with E-state index in [2.05, 4.69) is 4.72 Å². The second kappa shape index (κ2) is 5.66. The van der Waals surface area contributed by atoms with E-state index in [1.807, 2.05) is 12.1 Å². The summed E-state index contributed by atoms with van der Waals surface area (Å²) in [5.74, 6) is 0. The molecule has 2 aliphatic carbocycles. The van der Waals surface area contributed by atoms with Gasteiger partial charge in [-0.1, -0.05) is 18.9 Å². The number of benzene rings is 1. The molecule has 0 saturated heterocycles. The van der Waals surface area contributed by atoms with E-state index in [-0.39, 0.29) is 11.4 Å². The molecule has 1 fully saturated rings. The minimum absolute atomic E-state index is 0.0899. The predicted octanol–water partition coefficient (Wildman–Crippen LogP) is 3.00. The first-order valence-electron chi connectivity index (χ1n) is 7.34. The van der Waals surface area contributed by atoms with Crippen LogP contribution in [0.25, 0.3) is 0 Å². The quantitative estimate of drug-likeness (QED) is 0.872. The lowest BCUT2D eigenvalue weighted by Gasteiger charge is -2.27. The summed E-state index contributed by atoms with van der Waals surface area (Å²) < 4.78 is 27.7. The van der Waals surface area contributed by atoms with Gasteiger partial charge < -0.3 is 0 Å². The van der Waals surface area contributed by atoms with Gasteiger partial charge in [-0.3, -0.25) is 0 Å². The maximum atomic E-state index is 12.5. The van der Waals surface area contributed by atoms with Gasteiger partial charge in [-0.05, 0) is 55.4 Å². The van der Waals surface area contributed by atoms with Gasteiger partial charge in [0.15, 0.2) is 0 Å². The Morgan fingerprint density at radius 2 is 1.80 bits per heavy atom. The Kier molecular flexibility index (Phi) is 4.07. The SMILES string of the molecule is O=S(=O)(NC1CCCCC1Cl)c1ccc2c(c1)CCC2. The maximum absolute atomic E-state index is 12.5. The van der Waals surface area contributed by atoms with Crippen LogP contribution in [0, 0.1) is 0 Å². The van der Waals surface area contributed by atoms with Gasteiger partial charge in [0.1, 0.15) is 0 Å². The second-order valence-corrected chi connectivity index (χ2v) is 8.09. The highest BCUT2D eigenvalue weighted by molar-refractivity contribution is 7.89. The van der Waals surface area contributed by atoms with Crippen molar-refractivity contribution < 1.29 is 8.42 Å². The van der Waals surface area contributed by atoms with Crippen molar-refractivity contribution in [2.75, 3.05) is 0 Å². The number of nitrogens with one attached hydrogen (secondary N) is 1. The van der Waals surface area contributed by atoms with Crippen molar-refractivity contribution >= 4 is 21.6 Å². The molecular weight excluding hydrogens is 294 g/mol. The molecule has 2 unspecified atom stereocenters. The van der Waals surface area contributed by atoms with Gasteiger partial charge in [0.05, 0.1) is 4.90 Å². The molecule has 2 aliphatic rings. The molecule has 1 N–H and O–H groups in total. The molecular formula is C15H20ClNO2S. The summed E-state index contributed by atoms with van der Waals surface area (Å²) in [7, 11) is -3.45. The number of fused-ring (bicyclic) bond motifs is 1. The Labute approximate surface area is 125 Å². The van der Waals surface area contributed by atoms with Crippen LogP contribution in [-0.2, 0) is 22.9 Å². The highest BCUT2D eigenvalue weighted by atomic mass is 35.5. The van der Waals surface area contributed by atoms with E-state index < -0.39 is 10.0 Å². The topological polar surface area (TPSA) is 46.2 Å². The molecule has 5 heteroatoms. The normalized spacial score (nSPS) is 26.4. The smallest absolute Gasteiger partial charge is 0.207 e. The zero-order chi connectivity index (χ0) is 14.2. The molecule has 1 saturated carbocycles. The summed E-state index contributed by atoms with van der Waals surface area (Å²) in [5.41, 5.74) is 2.47. The van der Waals surface area contributed by atoms with E-state index in [0.29, 0.717) is 4.90 Å². The summed E-state index contributed by atoms with van der Waals surface area (Å²) in [6, 6.07) is 5.37. The number of hydrogen-bond acceptors (Lipinski definition) is 2. The minimum Gasteiger partial charge on any atom is -0.207 e. The summed E-state index contributed by atoms with van der Waals surface area (Å²) >= 11 is 6.24. The molecule has 0 spiro atoms. The maximum Gasteiger partial charge on any atom is 0.240 e. The van der Waals surface area contributed by atoms with E-state index >= 15 is 0 Å². The molecule has 0 heterocycles. The van der Waals surface area contributed by atoms with Gasteiger partial charge in [0.25, 0.3) is 0 Å². The van der Waals surface area contributed by atoms with Crippen molar-refractivity contribution in [2.24, 2.45) is 0 Å². The lowest BCUT2D eigenvalue weighted by Crippen LogP contribution is -2.42. The molecule has 110 valence electrons. The number of hydrogen-bond donors (Lipinski definition) is 1. The van der Waals surface area contributed by atoms with Crippen LogP contribution < -0.4 is 4.72 Å². The Balaban J connectivity index is 1.81. The van der Waals surface area contributed by atoms with Crippen LogP contribution in [-0.4, -0.2) is 19.8 Å². The van der Waals surface area contributed by atoms with E-state index in [1.165, 1.54) is 11.1 Å². The molecule has 3 nitrogen and oxygen atoms in total. The fourth-order valence-electron chi connectivity index (χ4n) is 3.20. The van der Waals surface area contributed by atoms with Crippen LogP contribution in [0.2, 0.25) is 0 Å². The van der Waals surface area contributed by atoms with E-state index in [9.17, 15) is 8.42 Å². The van der Waals surface area contributed by atoms with E-state index in [0.717, 1.165) is 44.9 Å². The van der Waals surface area contributed by atoms with Crippen molar-refractivity contribution in [3.8, 4) is 0 Å². The average Bonchev–Trinajstić information content (AvgIpc) is 2.88. The first-order valence-corrected chi connectivity index (χ1v) is 9.26. The van der Waals surface area contributed by atoms with Crippen LogP contribution >= 0.6 is 11.6 Å². The highest BCUT2D eigenvalue weighted by Gasteiger charge is 2.28. The van der Waals surface area contributed by atoms with E-state index in [1.54, 1.807) is 6.07 Å². The van der Waals surface area contributed by atoms with Crippen molar-refractivity contribution in [3.63, 3.8) is 0 Å². The Bertz CT molecular complexity index is 600. The first-order chi connectivity index (χ1) is 9.56.